The van der Waals surface area contributed by atoms with Gasteiger partial charge >= 0.3 is 11.9 Å². The van der Waals surface area contributed by atoms with Gasteiger partial charge in [-0.3, -0.25) is 9.36 Å². The van der Waals surface area contributed by atoms with Crippen molar-refractivity contribution >= 4 is 45.9 Å². The summed E-state index contributed by atoms with van der Waals surface area (Å²) in [7, 11) is 2.48. The molecule has 0 saturated heterocycles. The third kappa shape index (κ3) is 4.52. The van der Waals surface area contributed by atoms with Crippen LogP contribution in [0.4, 0.5) is 5.00 Å². The van der Waals surface area contributed by atoms with E-state index in [1.165, 1.54) is 26.0 Å². The summed E-state index contributed by atoms with van der Waals surface area (Å²) < 4.78 is 11.3. The summed E-state index contributed by atoms with van der Waals surface area (Å²) in [5, 5.41) is 11.4. The average Bonchev–Trinajstić information content (AvgIpc) is 3.36. The normalized spacial score (nSPS) is 10.5. The zero-order chi connectivity index (χ0) is 21.7. The molecule has 2 heterocycles. The van der Waals surface area contributed by atoms with Crippen molar-refractivity contribution in [3.63, 3.8) is 0 Å². The van der Waals surface area contributed by atoms with Gasteiger partial charge in [0.25, 0.3) is 0 Å². The number of ether oxygens (including phenoxy) is 2. The predicted octanol–water partition coefficient (Wildman–Crippen LogP) is 2.94. The first kappa shape index (κ1) is 21.5. The minimum atomic E-state index is -0.648. The second-order valence-electron chi connectivity index (χ2n) is 5.90. The fraction of sp³-hybridized carbons (Fsp3) is 0.211. The summed E-state index contributed by atoms with van der Waals surface area (Å²) in [4.78, 5) is 36.9. The number of methoxy groups -OCH3 is 2. The number of carbonyl (C=O) groups excluding carboxylic acids is 3. The topological polar surface area (TPSA) is 112 Å². The maximum atomic E-state index is 12.5. The summed E-state index contributed by atoms with van der Waals surface area (Å²) >= 11 is 2.16. The van der Waals surface area contributed by atoms with Crippen LogP contribution in [0.25, 0.3) is 5.69 Å². The van der Waals surface area contributed by atoms with Gasteiger partial charge in [-0.2, -0.15) is 0 Å². The standard InChI is InChI=1S/C19H18N4O5S2/c1-11-14(17(25)27-2)16(30-15(11)18(26)28-3)21-13(24)9-29-19-22-20-10-23(19)12-7-5-4-6-8-12/h4-8,10H,9H2,1-3H3,(H,21,24). The Morgan fingerprint density at radius 2 is 1.83 bits per heavy atom. The van der Waals surface area contributed by atoms with E-state index in [0.717, 1.165) is 17.0 Å². The Hall–Kier alpha value is -3.18. The molecule has 11 heteroatoms. The number of amides is 1. The highest BCUT2D eigenvalue weighted by atomic mass is 32.2. The molecule has 0 fully saturated rings. The second kappa shape index (κ2) is 9.55. The first-order valence-corrected chi connectivity index (χ1v) is 10.4. The summed E-state index contributed by atoms with van der Waals surface area (Å²) in [6.07, 6.45) is 1.57. The molecule has 0 spiro atoms. The Kier molecular flexibility index (Phi) is 6.85. The zero-order valence-corrected chi connectivity index (χ0v) is 18.0. The van der Waals surface area contributed by atoms with Crippen LogP contribution >= 0.6 is 23.1 Å². The summed E-state index contributed by atoms with van der Waals surface area (Å²) in [5.74, 6) is -1.58. The fourth-order valence-corrected chi connectivity index (χ4v) is 4.48. The van der Waals surface area contributed by atoms with E-state index < -0.39 is 11.9 Å². The maximum Gasteiger partial charge on any atom is 0.348 e. The molecule has 3 aromatic rings. The number of esters is 2. The van der Waals surface area contributed by atoms with E-state index in [9.17, 15) is 14.4 Å². The molecule has 9 nitrogen and oxygen atoms in total. The van der Waals surface area contributed by atoms with Crippen LogP contribution in [0.15, 0.2) is 41.8 Å². The molecule has 0 aliphatic rings. The van der Waals surface area contributed by atoms with Gasteiger partial charge in [-0.25, -0.2) is 9.59 Å². The average molecular weight is 447 g/mol. The number of carbonyl (C=O) groups is 3. The van der Waals surface area contributed by atoms with Crippen LogP contribution in [-0.4, -0.2) is 52.6 Å². The van der Waals surface area contributed by atoms with Crippen LogP contribution in [0.3, 0.4) is 0 Å². The number of nitrogens with zero attached hydrogens (tertiary/aromatic N) is 3. The van der Waals surface area contributed by atoms with Crippen LogP contribution in [-0.2, 0) is 14.3 Å². The molecule has 0 aliphatic carbocycles. The van der Waals surface area contributed by atoms with Crippen molar-refractivity contribution < 1.29 is 23.9 Å². The van der Waals surface area contributed by atoms with Crippen LogP contribution in [0.5, 0.6) is 0 Å². The molecule has 156 valence electrons. The van der Waals surface area contributed by atoms with Crippen molar-refractivity contribution in [2.45, 2.75) is 12.1 Å². The fourth-order valence-electron chi connectivity index (χ4n) is 2.62. The second-order valence-corrected chi connectivity index (χ2v) is 7.86. The number of thiophene rings is 1. The Morgan fingerprint density at radius 1 is 1.13 bits per heavy atom. The smallest absolute Gasteiger partial charge is 0.348 e. The Labute approximate surface area is 180 Å². The maximum absolute atomic E-state index is 12.5. The highest BCUT2D eigenvalue weighted by Crippen LogP contribution is 2.34. The number of aromatic nitrogens is 3. The van der Waals surface area contributed by atoms with Gasteiger partial charge in [-0.05, 0) is 24.6 Å². The Balaban J connectivity index is 1.75. The molecule has 1 N–H and O–H groups in total. The molecule has 0 radical (unpaired) electrons. The number of hydrogen-bond donors (Lipinski definition) is 1. The first-order valence-electron chi connectivity index (χ1n) is 8.64. The number of nitrogens with one attached hydrogen (secondary N) is 1. The van der Waals surface area contributed by atoms with Gasteiger partial charge in [0.1, 0.15) is 16.2 Å². The number of benzene rings is 1. The van der Waals surface area contributed by atoms with Crippen LogP contribution in [0.2, 0.25) is 0 Å². The zero-order valence-electron chi connectivity index (χ0n) is 16.4. The van der Waals surface area contributed by atoms with Crippen LogP contribution in [0, 0.1) is 6.92 Å². The predicted molar refractivity (Wildman–Crippen MR) is 112 cm³/mol. The van der Waals surface area contributed by atoms with E-state index in [2.05, 4.69) is 15.5 Å². The Bertz CT molecular complexity index is 1080. The molecule has 3 rings (SSSR count). The van der Waals surface area contributed by atoms with E-state index in [4.69, 9.17) is 9.47 Å². The molecule has 0 atom stereocenters. The molecule has 2 aromatic heterocycles. The van der Waals surface area contributed by atoms with Crippen molar-refractivity contribution in [2.24, 2.45) is 0 Å². The van der Waals surface area contributed by atoms with Crippen molar-refractivity contribution in [3.05, 3.63) is 52.7 Å². The number of hydrogen-bond acceptors (Lipinski definition) is 9. The third-order valence-electron chi connectivity index (χ3n) is 4.04. The van der Waals surface area contributed by atoms with Gasteiger partial charge in [-0.15, -0.1) is 21.5 Å². The highest BCUT2D eigenvalue weighted by Gasteiger charge is 2.26. The number of thioether (sulfide) groups is 1. The van der Waals surface area contributed by atoms with Crippen molar-refractivity contribution in [1.29, 1.82) is 0 Å². The number of anilines is 1. The first-order chi connectivity index (χ1) is 14.5. The SMILES string of the molecule is COC(=O)c1sc(NC(=O)CSc2nncn2-c2ccccc2)c(C(=O)OC)c1C. The molecular weight excluding hydrogens is 428 g/mol. The van der Waals surface area contributed by atoms with E-state index in [1.807, 2.05) is 30.3 Å². The minimum absolute atomic E-state index is 0.0244. The summed E-state index contributed by atoms with van der Waals surface area (Å²) in [6.45, 7) is 1.60. The lowest BCUT2D eigenvalue weighted by Gasteiger charge is -2.07. The van der Waals surface area contributed by atoms with Crippen molar-refractivity contribution in [3.8, 4) is 5.69 Å². The molecule has 0 saturated carbocycles. The van der Waals surface area contributed by atoms with Crippen LogP contribution < -0.4 is 5.32 Å². The third-order valence-corrected chi connectivity index (χ3v) is 6.17. The molecule has 1 amide bonds. The number of para-hydroxylation sites is 1. The lowest BCUT2D eigenvalue weighted by atomic mass is 10.1. The molecule has 0 bridgehead atoms. The molecule has 0 unspecified atom stereocenters. The number of rotatable bonds is 7. The van der Waals surface area contributed by atoms with Gasteiger partial charge in [0.15, 0.2) is 5.16 Å². The monoisotopic (exact) mass is 446 g/mol. The highest BCUT2D eigenvalue weighted by molar-refractivity contribution is 7.99. The van der Waals surface area contributed by atoms with E-state index in [-0.39, 0.29) is 27.1 Å². The van der Waals surface area contributed by atoms with E-state index in [1.54, 1.807) is 17.8 Å². The van der Waals surface area contributed by atoms with Crippen molar-refractivity contribution in [2.75, 3.05) is 25.3 Å². The largest absolute Gasteiger partial charge is 0.465 e. The van der Waals surface area contributed by atoms with Gasteiger partial charge in [0.05, 0.1) is 25.5 Å². The summed E-state index contributed by atoms with van der Waals surface area (Å²) in [5.41, 5.74) is 1.40. The van der Waals surface area contributed by atoms with E-state index >= 15 is 0 Å². The van der Waals surface area contributed by atoms with Crippen molar-refractivity contribution in [1.82, 2.24) is 14.8 Å². The van der Waals surface area contributed by atoms with Gasteiger partial charge in [0, 0.05) is 5.69 Å². The molecule has 30 heavy (non-hydrogen) atoms. The van der Waals surface area contributed by atoms with Gasteiger partial charge in [0.2, 0.25) is 5.91 Å². The van der Waals surface area contributed by atoms with Gasteiger partial charge < -0.3 is 14.8 Å². The summed E-state index contributed by atoms with van der Waals surface area (Å²) in [6, 6.07) is 9.49. The van der Waals surface area contributed by atoms with Crippen LogP contribution in [0.1, 0.15) is 25.6 Å². The molecule has 1 aromatic carbocycles. The van der Waals surface area contributed by atoms with E-state index in [0.29, 0.717) is 10.7 Å². The molecular formula is C19H18N4O5S2. The quantitative estimate of drug-likeness (QED) is 0.435. The lowest BCUT2D eigenvalue weighted by Crippen LogP contribution is -2.16. The molecule has 0 aliphatic heterocycles. The lowest BCUT2D eigenvalue weighted by molar-refractivity contribution is -0.113. The Morgan fingerprint density at radius 3 is 2.50 bits per heavy atom. The van der Waals surface area contributed by atoms with Gasteiger partial charge in [-0.1, -0.05) is 30.0 Å². The minimum Gasteiger partial charge on any atom is -0.465 e.